The molecule has 0 fully saturated rings. The number of amides is 1. The summed E-state index contributed by atoms with van der Waals surface area (Å²) in [6, 6.07) is 5.96. The van der Waals surface area contributed by atoms with Gasteiger partial charge in [0.25, 0.3) is 0 Å². The number of benzene rings is 1. The van der Waals surface area contributed by atoms with E-state index in [0.29, 0.717) is 13.1 Å². The zero-order valence-electron chi connectivity index (χ0n) is 14.7. The first-order valence-electron chi connectivity index (χ1n) is 8.68. The minimum atomic E-state index is -0.352. The number of aromatic nitrogens is 3. The van der Waals surface area contributed by atoms with E-state index in [0.717, 1.165) is 43.0 Å². The van der Waals surface area contributed by atoms with E-state index in [1.165, 1.54) is 12.1 Å². The summed E-state index contributed by atoms with van der Waals surface area (Å²) >= 11 is 0. The van der Waals surface area contributed by atoms with E-state index >= 15 is 0 Å². The molecular weight excluding hydrogens is 321 g/mol. The number of nitrogens with zero attached hydrogens (tertiary/aromatic N) is 4. The fourth-order valence-corrected chi connectivity index (χ4v) is 3.15. The maximum Gasteiger partial charge on any atom is 0.239 e. The molecule has 1 atom stereocenters. The Morgan fingerprint density at radius 3 is 3.04 bits per heavy atom. The number of hydrogen-bond donors (Lipinski definition) is 1. The van der Waals surface area contributed by atoms with E-state index in [9.17, 15) is 9.18 Å². The van der Waals surface area contributed by atoms with Gasteiger partial charge in [0.15, 0.2) is 0 Å². The zero-order valence-corrected chi connectivity index (χ0v) is 14.7. The normalized spacial score (nSPS) is 14.8. The third kappa shape index (κ3) is 4.22. The number of halogens is 1. The highest BCUT2D eigenvalue weighted by Crippen LogP contribution is 2.14. The molecule has 3 rings (SSSR count). The Balaban J connectivity index is 1.54. The van der Waals surface area contributed by atoms with Crippen molar-refractivity contribution in [3.8, 4) is 0 Å². The van der Waals surface area contributed by atoms with Crippen LogP contribution < -0.4 is 5.32 Å². The lowest BCUT2D eigenvalue weighted by atomic mass is 10.1. The van der Waals surface area contributed by atoms with Gasteiger partial charge < -0.3 is 9.47 Å². The summed E-state index contributed by atoms with van der Waals surface area (Å²) in [4.78, 5) is 14.1. The maximum absolute atomic E-state index is 13.3. The SMILES string of the molecule is CC(NCc1nnc2n1CCCC2)C(=O)N(C)Cc1cccc(F)c1. The number of carbonyl (C=O) groups is 1. The molecule has 134 valence electrons. The van der Waals surface area contributed by atoms with Gasteiger partial charge >= 0.3 is 0 Å². The number of carbonyl (C=O) groups excluding carboxylic acids is 1. The average molecular weight is 345 g/mol. The van der Waals surface area contributed by atoms with Crippen molar-refractivity contribution in [3.63, 3.8) is 0 Å². The van der Waals surface area contributed by atoms with E-state index in [1.54, 1.807) is 18.0 Å². The van der Waals surface area contributed by atoms with Crippen molar-refractivity contribution in [1.29, 1.82) is 0 Å². The number of nitrogens with one attached hydrogen (secondary N) is 1. The molecular formula is C18H24FN5O. The minimum absolute atomic E-state index is 0.0392. The maximum atomic E-state index is 13.3. The summed E-state index contributed by atoms with van der Waals surface area (Å²) in [6.07, 6.45) is 3.27. The number of hydrogen-bond acceptors (Lipinski definition) is 4. The zero-order chi connectivity index (χ0) is 17.8. The Bertz CT molecular complexity index is 745. The van der Waals surface area contributed by atoms with Crippen LogP contribution in [0.15, 0.2) is 24.3 Å². The molecule has 0 radical (unpaired) electrons. The van der Waals surface area contributed by atoms with Gasteiger partial charge in [-0.3, -0.25) is 10.1 Å². The van der Waals surface area contributed by atoms with Crippen LogP contribution >= 0.6 is 0 Å². The van der Waals surface area contributed by atoms with Crippen LogP contribution in [0.4, 0.5) is 4.39 Å². The highest BCUT2D eigenvalue weighted by atomic mass is 19.1. The van der Waals surface area contributed by atoms with Crippen LogP contribution in [0.3, 0.4) is 0 Å². The lowest BCUT2D eigenvalue weighted by Gasteiger charge is -2.22. The highest BCUT2D eigenvalue weighted by Gasteiger charge is 2.20. The third-order valence-corrected chi connectivity index (χ3v) is 4.56. The molecule has 25 heavy (non-hydrogen) atoms. The van der Waals surface area contributed by atoms with Crippen molar-refractivity contribution < 1.29 is 9.18 Å². The Hall–Kier alpha value is -2.28. The first-order chi connectivity index (χ1) is 12.0. The predicted octanol–water partition coefficient (Wildman–Crippen LogP) is 1.89. The molecule has 6 nitrogen and oxygen atoms in total. The summed E-state index contributed by atoms with van der Waals surface area (Å²) in [5, 5.41) is 11.7. The van der Waals surface area contributed by atoms with Crippen LogP contribution in [0, 0.1) is 5.82 Å². The Morgan fingerprint density at radius 2 is 2.24 bits per heavy atom. The van der Waals surface area contributed by atoms with Crippen molar-refractivity contribution >= 4 is 5.91 Å². The molecule has 1 aliphatic heterocycles. The minimum Gasteiger partial charge on any atom is -0.340 e. The van der Waals surface area contributed by atoms with Crippen LogP contribution in [0.25, 0.3) is 0 Å². The van der Waals surface area contributed by atoms with Gasteiger partial charge in [0.1, 0.15) is 17.5 Å². The van der Waals surface area contributed by atoms with Crippen molar-refractivity contribution in [2.45, 2.75) is 51.9 Å². The summed E-state index contributed by atoms with van der Waals surface area (Å²) < 4.78 is 15.4. The summed E-state index contributed by atoms with van der Waals surface area (Å²) in [5.41, 5.74) is 0.773. The first kappa shape index (κ1) is 17.5. The van der Waals surface area contributed by atoms with Crippen LogP contribution in [-0.4, -0.2) is 38.7 Å². The van der Waals surface area contributed by atoms with Gasteiger partial charge in [-0.25, -0.2) is 4.39 Å². The second-order valence-electron chi connectivity index (χ2n) is 6.57. The lowest BCUT2D eigenvalue weighted by molar-refractivity contribution is -0.132. The molecule has 0 spiro atoms. The Labute approximate surface area is 147 Å². The molecule has 0 saturated heterocycles. The van der Waals surface area contributed by atoms with Gasteiger partial charge in [0, 0.05) is 26.6 Å². The second-order valence-corrected chi connectivity index (χ2v) is 6.57. The molecule has 1 unspecified atom stereocenters. The number of likely N-dealkylation sites (N-methyl/N-ethyl adjacent to an activating group) is 1. The van der Waals surface area contributed by atoms with Crippen molar-refractivity contribution in [2.24, 2.45) is 0 Å². The molecule has 1 aliphatic rings. The monoisotopic (exact) mass is 345 g/mol. The summed E-state index contributed by atoms with van der Waals surface area (Å²) in [7, 11) is 1.73. The molecule has 2 heterocycles. The predicted molar refractivity (Wildman–Crippen MR) is 92.1 cm³/mol. The van der Waals surface area contributed by atoms with E-state index in [4.69, 9.17) is 0 Å². The fraction of sp³-hybridized carbons (Fsp3) is 0.500. The summed E-state index contributed by atoms with van der Waals surface area (Å²) in [5.74, 6) is 1.58. The average Bonchev–Trinajstić information content (AvgIpc) is 3.02. The molecule has 2 aromatic rings. The van der Waals surface area contributed by atoms with Crippen LogP contribution in [0.1, 0.15) is 37.0 Å². The van der Waals surface area contributed by atoms with E-state index in [1.807, 2.05) is 13.0 Å². The van der Waals surface area contributed by atoms with Crippen molar-refractivity contribution in [3.05, 3.63) is 47.3 Å². The topological polar surface area (TPSA) is 63.1 Å². The smallest absolute Gasteiger partial charge is 0.239 e. The molecule has 1 aromatic heterocycles. The number of aryl methyl sites for hydroxylation is 1. The van der Waals surface area contributed by atoms with Crippen LogP contribution in [0.5, 0.6) is 0 Å². The highest BCUT2D eigenvalue weighted by molar-refractivity contribution is 5.81. The van der Waals surface area contributed by atoms with E-state index in [2.05, 4.69) is 20.1 Å². The number of rotatable bonds is 6. The largest absolute Gasteiger partial charge is 0.340 e. The van der Waals surface area contributed by atoms with Crippen LogP contribution in [-0.2, 0) is 30.8 Å². The molecule has 1 aromatic carbocycles. The van der Waals surface area contributed by atoms with Gasteiger partial charge in [-0.15, -0.1) is 10.2 Å². The van der Waals surface area contributed by atoms with Crippen molar-refractivity contribution in [2.75, 3.05) is 7.05 Å². The third-order valence-electron chi connectivity index (χ3n) is 4.56. The molecule has 1 N–H and O–H groups in total. The standard InChI is InChI=1S/C18H24FN5O/c1-13(18(25)23(2)12-14-6-5-7-15(19)10-14)20-11-17-22-21-16-8-3-4-9-24(16)17/h5-7,10,13,20H,3-4,8-9,11-12H2,1-2H3. The molecule has 7 heteroatoms. The second kappa shape index (κ2) is 7.74. The lowest BCUT2D eigenvalue weighted by Crippen LogP contribution is -2.42. The van der Waals surface area contributed by atoms with Crippen molar-refractivity contribution in [1.82, 2.24) is 25.0 Å². The van der Waals surface area contributed by atoms with E-state index in [-0.39, 0.29) is 17.8 Å². The van der Waals surface area contributed by atoms with Gasteiger partial charge in [0.2, 0.25) is 5.91 Å². The molecule has 0 bridgehead atoms. The fourth-order valence-electron chi connectivity index (χ4n) is 3.15. The van der Waals surface area contributed by atoms with Gasteiger partial charge in [-0.2, -0.15) is 0 Å². The summed E-state index contributed by atoms with van der Waals surface area (Å²) in [6.45, 7) is 3.66. The molecule has 0 aliphatic carbocycles. The van der Waals surface area contributed by atoms with Gasteiger partial charge in [0.05, 0.1) is 12.6 Å². The van der Waals surface area contributed by atoms with Gasteiger partial charge in [-0.05, 0) is 37.5 Å². The molecule has 1 amide bonds. The van der Waals surface area contributed by atoms with E-state index < -0.39 is 0 Å². The molecule has 0 saturated carbocycles. The first-order valence-corrected chi connectivity index (χ1v) is 8.68. The quantitative estimate of drug-likeness (QED) is 0.868. The Kier molecular flexibility index (Phi) is 5.43. The number of fused-ring (bicyclic) bond motifs is 1. The van der Waals surface area contributed by atoms with Crippen LogP contribution in [0.2, 0.25) is 0 Å². The van der Waals surface area contributed by atoms with Gasteiger partial charge in [-0.1, -0.05) is 12.1 Å². The Morgan fingerprint density at radius 1 is 1.40 bits per heavy atom.